The number of methoxy groups -OCH3 is 4. The molecule has 0 bridgehead atoms. The Bertz CT molecular complexity index is 1030. The molecule has 170 valence electrons. The molecule has 3 rings (SSSR count). The summed E-state index contributed by atoms with van der Waals surface area (Å²) in [5, 5.41) is 0. The van der Waals surface area contributed by atoms with Crippen LogP contribution in [0, 0.1) is 0 Å². The van der Waals surface area contributed by atoms with Crippen LogP contribution >= 0.6 is 0 Å². The van der Waals surface area contributed by atoms with E-state index in [1.165, 1.54) is 27.4 Å². The summed E-state index contributed by atoms with van der Waals surface area (Å²) in [5.41, 5.74) is 1.37. The van der Waals surface area contributed by atoms with Crippen molar-refractivity contribution < 1.29 is 33.2 Å². The molecule has 0 atom stereocenters. The van der Waals surface area contributed by atoms with Crippen LogP contribution in [0.15, 0.2) is 36.4 Å². The molecular formula is C25H28O7. The third-order valence-electron chi connectivity index (χ3n) is 4.89. The van der Waals surface area contributed by atoms with Crippen LogP contribution in [-0.4, -0.2) is 46.6 Å². The number of carbonyl (C=O) groups excluding carboxylic acids is 1. The molecule has 1 heterocycles. The highest BCUT2D eigenvalue weighted by Crippen LogP contribution is 2.41. The van der Waals surface area contributed by atoms with Gasteiger partial charge in [0.1, 0.15) is 17.1 Å². The second-order valence-electron chi connectivity index (χ2n) is 7.60. The first-order valence-electron chi connectivity index (χ1n) is 10.0. The number of fused-ring (bicyclic) bond motifs is 1. The van der Waals surface area contributed by atoms with Crippen molar-refractivity contribution in [1.29, 1.82) is 0 Å². The maximum absolute atomic E-state index is 13.1. The van der Waals surface area contributed by atoms with Gasteiger partial charge in [-0.05, 0) is 61.9 Å². The Balaban J connectivity index is 1.95. The molecule has 0 unspecified atom stereocenters. The van der Waals surface area contributed by atoms with Crippen LogP contribution in [0.1, 0.15) is 35.3 Å². The maximum atomic E-state index is 13.1. The molecule has 0 N–H and O–H groups in total. The summed E-state index contributed by atoms with van der Waals surface area (Å²) in [6.45, 7) is 3.91. The lowest BCUT2D eigenvalue weighted by Crippen LogP contribution is -2.28. The summed E-state index contributed by atoms with van der Waals surface area (Å²) in [5.74, 6) is 2.30. The molecule has 32 heavy (non-hydrogen) atoms. The summed E-state index contributed by atoms with van der Waals surface area (Å²) in [7, 11) is 6.18. The molecular weight excluding hydrogens is 412 g/mol. The molecule has 0 amide bonds. The number of benzene rings is 2. The van der Waals surface area contributed by atoms with Crippen molar-refractivity contribution in [2.75, 3.05) is 35.2 Å². The molecule has 1 aliphatic rings. The minimum absolute atomic E-state index is 0.0494. The van der Waals surface area contributed by atoms with E-state index >= 15 is 0 Å². The van der Waals surface area contributed by atoms with E-state index in [0.717, 1.165) is 5.56 Å². The summed E-state index contributed by atoms with van der Waals surface area (Å²) in [6.07, 6.45) is 7.04. The van der Waals surface area contributed by atoms with Gasteiger partial charge in [-0.2, -0.15) is 0 Å². The van der Waals surface area contributed by atoms with E-state index < -0.39 is 5.60 Å². The molecule has 1 aliphatic heterocycles. The smallest absolute Gasteiger partial charge is 0.206 e. The number of allylic oxidation sites excluding steroid dienone is 1. The van der Waals surface area contributed by atoms with Crippen molar-refractivity contribution in [2.45, 2.75) is 19.4 Å². The Morgan fingerprint density at radius 2 is 1.66 bits per heavy atom. The second-order valence-corrected chi connectivity index (χ2v) is 7.60. The summed E-state index contributed by atoms with van der Waals surface area (Å²) in [4.78, 5) is 13.1. The highest BCUT2D eigenvalue weighted by Gasteiger charge is 2.27. The Labute approximate surface area is 188 Å². The maximum Gasteiger partial charge on any atom is 0.206 e. The minimum Gasteiger partial charge on any atom is -0.496 e. The van der Waals surface area contributed by atoms with Gasteiger partial charge in [0.25, 0.3) is 0 Å². The fraction of sp³-hybridized carbons (Fsp3) is 0.320. The molecule has 7 heteroatoms. The van der Waals surface area contributed by atoms with Gasteiger partial charge in [0.15, 0.2) is 24.1 Å². The average Bonchev–Trinajstić information content (AvgIpc) is 2.79. The molecule has 0 spiro atoms. The first kappa shape index (κ1) is 23.2. The Morgan fingerprint density at radius 3 is 2.25 bits per heavy atom. The predicted octanol–water partition coefficient (Wildman–Crippen LogP) is 4.78. The van der Waals surface area contributed by atoms with E-state index in [1.807, 2.05) is 26.0 Å². The first-order chi connectivity index (χ1) is 15.3. The summed E-state index contributed by atoms with van der Waals surface area (Å²) >= 11 is 0. The van der Waals surface area contributed by atoms with Crippen molar-refractivity contribution >= 4 is 17.9 Å². The third-order valence-corrected chi connectivity index (χ3v) is 4.89. The van der Waals surface area contributed by atoms with Crippen LogP contribution in [0.4, 0.5) is 0 Å². The zero-order valence-corrected chi connectivity index (χ0v) is 19.2. The van der Waals surface area contributed by atoms with E-state index in [0.29, 0.717) is 39.9 Å². The monoisotopic (exact) mass is 440 g/mol. The summed E-state index contributed by atoms with van der Waals surface area (Å²) in [6, 6.07) is 6.98. The normalized spacial score (nSPS) is 13.9. The third kappa shape index (κ3) is 4.89. The molecule has 7 nitrogen and oxygen atoms in total. The minimum atomic E-state index is -0.531. The van der Waals surface area contributed by atoms with E-state index in [1.54, 1.807) is 37.5 Å². The van der Waals surface area contributed by atoms with Crippen molar-refractivity contribution in [2.24, 2.45) is 0 Å². The van der Waals surface area contributed by atoms with Crippen molar-refractivity contribution in [3.05, 3.63) is 53.1 Å². The zero-order chi connectivity index (χ0) is 23.3. The fourth-order valence-electron chi connectivity index (χ4n) is 3.32. The van der Waals surface area contributed by atoms with Gasteiger partial charge in [0.2, 0.25) is 5.75 Å². The SMILES string of the molecule is COCOc1c(OC)cc(/C=C/C(=O)c2ccc(OC)c3c2OC(C)(C)C=C3)cc1OC. The number of carbonyl (C=O) groups is 1. The van der Waals surface area contributed by atoms with Crippen LogP contribution in [0.5, 0.6) is 28.7 Å². The lowest BCUT2D eigenvalue weighted by Gasteiger charge is -2.29. The number of ether oxygens (including phenoxy) is 6. The molecule has 2 aromatic carbocycles. The quantitative estimate of drug-likeness (QED) is 0.316. The Hall–Kier alpha value is -3.45. The van der Waals surface area contributed by atoms with E-state index in [-0.39, 0.29) is 12.6 Å². The first-order valence-corrected chi connectivity index (χ1v) is 10.0. The molecule has 0 radical (unpaired) electrons. The van der Waals surface area contributed by atoms with Gasteiger partial charge in [0, 0.05) is 7.11 Å². The molecule has 0 aromatic heterocycles. The number of hydrogen-bond acceptors (Lipinski definition) is 7. The topological polar surface area (TPSA) is 72.5 Å². The standard InChI is InChI=1S/C25H28O7/c1-25(2)12-11-18-20(28-4)10-8-17(23(18)32-25)19(26)9-7-16-13-21(29-5)24(31-15-27-3)22(14-16)30-6/h7-14H,15H2,1-6H3/b9-7+. The van der Waals surface area contributed by atoms with Crippen molar-refractivity contribution in [3.63, 3.8) is 0 Å². The second kappa shape index (κ2) is 9.78. The van der Waals surface area contributed by atoms with Gasteiger partial charge in [0.05, 0.1) is 32.5 Å². The van der Waals surface area contributed by atoms with Gasteiger partial charge < -0.3 is 28.4 Å². The molecule has 0 saturated carbocycles. The Kier molecular flexibility index (Phi) is 7.10. The van der Waals surface area contributed by atoms with Gasteiger partial charge >= 0.3 is 0 Å². The number of ketones is 1. The molecule has 0 aliphatic carbocycles. The molecule has 2 aromatic rings. The zero-order valence-electron chi connectivity index (χ0n) is 19.2. The van der Waals surface area contributed by atoms with Gasteiger partial charge in [-0.3, -0.25) is 4.79 Å². The van der Waals surface area contributed by atoms with Crippen LogP contribution in [0.2, 0.25) is 0 Å². The predicted molar refractivity (Wildman–Crippen MR) is 122 cm³/mol. The van der Waals surface area contributed by atoms with Gasteiger partial charge in [-0.1, -0.05) is 6.08 Å². The number of hydrogen-bond donors (Lipinski definition) is 0. The van der Waals surface area contributed by atoms with Crippen LogP contribution in [-0.2, 0) is 4.74 Å². The van der Waals surface area contributed by atoms with E-state index in [4.69, 9.17) is 28.4 Å². The lowest BCUT2D eigenvalue weighted by atomic mass is 9.97. The largest absolute Gasteiger partial charge is 0.496 e. The van der Waals surface area contributed by atoms with Gasteiger partial charge in [-0.15, -0.1) is 0 Å². The van der Waals surface area contributed by atoms with Crippen molar-refractivity contribution in [1.82, 2.24) is 0 Å². The van der Waals surface area contributed by atoms with Crippen LogP contribution < -0.4 is 23.7 Å². The van der Waals surface area contributed by atoms with Crippen LogP contribution in [0.25, 0.3) is 12.2 Å². The Morgan fingerprint density at radius 1 is 1.00 bits per heavy atom. The molecule has 0 fully saturated rings. The van der Waals surface area contributed by atoms with E-state index in [2.05, 4.69) is 0 Å². The van der Waals surface area contributed by atoms with Gasteiger partial charge in [-0.25, -0.2) is 0 Å². The highest BCUT2D eigenvalue weighted by atomic mass is 16.7. The highest BCUT2D eigenvalue weighted by molar-refractivity contribution is 6.09. The number of rotatable bonds is 9. The van der Waals surface area contributed by atoms with E-state index in [9.17, 15) is 4.79 Å². The molecule has 0 saturated heterocycles. The lowest BCUT2D eigenvalue weighted by molar-refractivity contribution is 0.0471. The van der Waals surface area contributed by atoms with Crippen molar-refractivity contribution in [3.8, 4) is 28.7 Å². The summed E-state index contributed by atoms with van der Waals surface area (Å²) < 4.78 is 32.9. The average molecular weight is 440 g/mol. The van der Waals surface area contributed by atoms with Crippen LogP contribution in [0.3, 0.4) is 0 Å². The fourth-order valence-corrected chi connectivity index (χ4v) is 3.32.